The molecule has 0 amide bonds. The predicted octanol–water partition coefficient (Wildman–Crippen LogP) is 2.46. The standard InChI is InChI=1S/C12H14F4N2O.ClH/c13-10-7-8(19)1-2-9(10)11(12(14,15)16)18-5-3-17-4-6-18;/h1-2,7,11,17,19H,3-6H2;1H/t11-;/m1./s1. The predicted molar refractivity (Wildman–Crippen MR) is 68.6 cm³/mol. The number of phenolic OH excluding ortho intramolecular Hbond substituents is 1. The van der Waals surface area contributed by atoms with Gasteiger partial charge in [0.15, 0.2) is 0 Å². The van der Waals surface area contributed by atoms with Gasteiger partial charge in [-0.1, -0.05) is 6.07 Å². The first kappa shape index (κ1) is 17.0. The molecule has 1 aromatic carbocycles. The van der Waals surface area contributed by atoms with Crippen LogP contribution in [0.15, 0.2) is 18.2 Å². The molecule has 2 rings (SSSR count). The van der Waals surface area contributed by atoms with E-state index in [0.717, 1.165) is 12.1 Å². The molecule has 1 atom stereocenters. The van der Waals surface area contributed by atoms with Gasteiger partial charge in [0.05, 0.1) is 0 Å². The number of benzene rings is 1. The van der Waals surface area contributed by atoms with E-state index in [4.69, 9.17) is 5.11 Å². The second kappa shape index (κ2) is 6.60. The first-order valence-electron chi connectivity index (χ1n) is 5.89. The van der Waals surface area contributed by atoms with E-state index in [9.17, 15) is 17.6 Å². The Balaban J connectivity index is 0.00000200. The average molecular weight is 315 g/mol. The summed E-state index contributed by atoms with van der Waals surface area (Å²) in [6, 6.07) is 0.788. The van der Waals surface area contributed by atoms with Gasteiger partial charge in [0, 0.05) is 37.8 Å². The molecule has 1 saturated heterocycles. The number of nitrogens with one attached hydrogen (secondary N) is 1. The number of nitrogens with zero attached hydrogens (tertiary/aromatic N) is 1. The zero-order valence-electron chi connectivity index (χ0n) is 10.5. The van der Waals surface area contributed by atoms with Crippen molar-refractivity contribution in [2.45, 2.75) is 12.2 Å². The minimum absolute atomic E-state index is 0. The number of hydrogen-bond acceptors (Lipinski definition) is 3. The van der Waals surface area contributed by atoms with E-state index in [1.165, 1.54) is 4.90 Å². The Kier molecular flexibility index (Phi) is 5.61. The minimum atomic E-state index is -4.56. The second-order valence-corrected chi connectivity index (χ2v) is 4.44. The van der Waals surface area contributed by atoms with Crippen molar-refractivity contribution >= 4 is 12.4 Å². The summed E-state index contributed by atoms with van der Waals surface area (Å²) in [5, 5.41) is 12.0. The number of hydrogen-bond donors (Lipinski definition) is 2. The number of alkyl halides is 3. The molecule has 8 heteroatoms. The van der Waals surface area contributed by atoms with E-state index < -0.39 is 23.6 Å². The Morgan fingerprint density at radius 1 is 1.20 bits per heavy atom. The molecular formula is C12H15ClF4N2O. The summed E-state index contributed by atoms with van der Waals surface area (Å²) in [5.74, 6) is -1.43. The molecule has 0 aliphatic carbocycles. The molecule has 1 aromatic rings. The molecule has 1 fully saturated rings. The lowest BCUT2D eigenvalue weighted by atomic mass is 10.0. The van der Waals surface area contributed by atoms with Crippen molar-refractivity contribution in [1.29, 1.82) is 0 Å². The molecule has 0 aromatic heterocycles. The Morgan fingerprint density at radius 3 is 2.30 bits per heavy atom. The number of piperazine rings is 1. The molecule has 0 saturated carbocycles. The zero-order chi connectivity index (χ0) is 14.0. The van der Waals surface area contributed by atoms with Gasteiger partial charge in [-0.2, -0.15) is 13.2 Å². The van der Waals surface area contributed by atoms with Gasteiger partial charge in [-0.3, -0.25) is 4.90 Å². The Labute approximate surface area is 120 Å². The lowest BCUT2D eigenvalue weighted by Crippen LogP contribution is -2.49. The quantitative estimate of drug-likeness (QED) is 0.823. The molecule has 3 nitrogen and oxygen atoms in total. The fraction of sp³-hybridized carbons (Fsp3) is 0.500. The summed E-state index contributed by atoms with van der Waals surface area (Å²) >= 11 is 0. The van der Waals surface area contributed by atoms with Crippen LogP contribution in [0.5, 0.6) is 5.75 Å². The first-order chi connectivity index (χ1) is 8.89. The van der Waals surface area contributed by atoms with Crippen LogP contribution in [0.25, 0.3) is 0 Å². The monoisotopic (exact) mass is 314 g/mol. The summed E-state index contributed by atoms with van der Waals surface area (Å²) in [5.41, 5.74) is -0.452. The van der Waals surface area contributed by atoms with Gasteiger partial charge in [-0.15, -0.1) is 12.4 Å². The summed E-state index contributed by atoms with van der Waals surface area (Å²) in [6.07, 6.45) is -4.56. The summed E-state index contributed by atoms with van der Waals surface area (Å²) in [4.78, 5) is 1.20. The smallest absolute Gasteiger partial charge is 0.408 e. The number of rotatable bonds is 2. The highest BCUT2D eigenvalue weighted by atomic mass is 35.5. The van der Waals surface area contributed by atoms with E-state index >= 15 is 0 Å². The van der Waals surface area contributed by atoms with Crippen molar-refractivity contribution in [3.8, 4) is 5.75 Å². The highest BCUT2D eigenvalue weighted by molar-refractivity contribution is 5.85. The maximum atomic E-state index is 13.7. The molecule has 0 unspecified atom stereocenters. The average Bonchev–Trinajstić information content (AvgIpc) is 2.32. The maximum absolute atomic E-state index is 13.7. The van der Waals surface area contributed by atoms with Crippen LogP contribution in [0.1, 0.15) is 11.6 Å². The van der Waals surface area contributed by atoms with Crippen LogP contribution in [-0.2, 0) is 0 Å². The van der Waals surface area contributed by atoms with E-state index in [1.807, 2.05) is 0 Å². The molecule has 0 bridgehead atoms. The van der Waals surface area contributed by atoms with Crippen LogP contribution in [0.2, 0.25) is 0 Å². The summed E-state index contributed by atoms with van der Waals surface area (Å²) in [6.45, 7) is 1.27. The van der Waals surface area contributed by atoms with Gasteiger partial charge in [-0.25, -0.2) is 4.39 Å². The summed E-state index contributed by atoms with van der Waals surface area (Å²) in [7, 11) is 0. The maximum Gasteiger partial charge on any atom is 0.408 e. The van der Waals surface area contributed by atoms with Crippen molar-refractivity contribution in [2.75, 3.05) is 26.2 Å². The normalized spacial score (nSPS) is 18.4. The third kappa shape index (κ3) is 3.74. The second-order valence-electron chi connectivity index (χ2n) is 4.44. The van der Waals surface area contributed by atoms with Gasteiger partial charge in [-0.05, 0) is 6.07 Å². The lowest BCUT2D eigenvalue weighted by molar-refractivity contribution is -0.188. The molecule has 1 aliphatic heterocycles. The molecule has 1 aliphatic rings. The topological polar surface area (TPSA) is 35.5 Å². The van der Waals surface area contributed by atoms with Crippen LogP contribution < -0.4 is 5.32 Å². The van der Waals surface area contributed by atoms with Crippen LogP contribution in [0.3, 0.4) is 0 Å². The number of phenols is 1. The third-order valence-corrected chi connectivity index (χ3v) is 3.11. The first-order valence-corrected chi connectivity index (χ1v) is 5.89. The van der Waals surface area contributed by atoms with Gasteiger partial charge < -0.3 is 10.4 Å². The number of halogens is 5. The SMILES string of the molecule is Cl.Oc1ccc([C@@H](N2CCNCC2)C(F)(F)F)c(F)c1. The van der Waals surface area contributed by atoms with Crippen LogP contribution in [0.4, 0.5) is 17.6 Å². The minimum Gasteiger partial charge on any atom is -0.508 e. The zero-order valence-corrected chi connectivity index (χ0v) is 11.3. The Hall–Kier alpha value is -1.05. The fourth-order valence-electron chi connectivity index (χ4n) is 2.26. The third-order valence-electron chi connectivity index (χ3n) is 3.11. The molecule has 0 spiro atoms. The molecular weight excluding hydrogens is 300 g/mol. The van der Waals surface area contributed by atoms with Crippen LogP contribution in [0, 0.1) is 5.82 Å². The molecule has 2 N–H and O–H groups in total. The van der Waals surface area contributed by atoms with Crippen molar-refractivity contribution in [3.63, 3.8) is 0 Å². The van der Waals surface area contributed by atoms with Gasteiger partial charge in [0.2, 0.25) is 0 Å². The van der Waals surface area contributed by atoms with Crippen molar-refractivity contribution in [3.05, 3.63) is 29.6 Å². The highest BCUT2D eigenvalue weighted by Gasteiger charge is 2.46. The van der Waals surface area contributed by atoms with Gasteiger partial charge in [0.25, 0.3) is 0 Å². The van der Waals surface area contributed by atoms with Gasteiger partial charge in [0.1, 0.15) is 17.6 Å². The number of aromatic hydroxyl groups is 1. The van der Waals surface area contributed by atoms with Crippen LogP contribution >= 0.6 is 12.4 Å². The van der Waals surface area contributed by atoms with E-state index in [0.29, 0.717) is 19.2 Å². The molecule has 20 heavy (non-hydrogen) atoms. The van der Waals surface area contributed by atoms with Crippen molar-refractivity contribution < 1.29 is 22.7 Å². The van der Waals surface area contributed by atoms with Crippen LogP contribution in [-0.4, -0.2) is 42.4 Å². The van der Waals surface area contributed by atoms with Crippen molar-refractivity contribution in [2.24, 2.45) is 0 Å². The fourth-order valence-corrected chi connectivity index (χ4v) is 2.26. The Morgan fingerprint density at radius 2 is 1.80 bits per heavy atom. The molecule has 0 radical (unpaired) electrons. The summed E-state index contributed by atoms with van der Waals surface area (Å²) < 4.78 is 53.2. The van der Waals surface area contributed by atoms with E-state index in [-0.39, 0.29) is 31.2 Å². The lowest BCUT2D eigenvalue weighted by Gasteiger charge is -2.36. The van der Waals surface area contributed by atoms with Crippen molar-refractivity contribution in [1.82, 2.24) is 10.2 Å². The van der Waals surface area contributed by atoms with Gasteiger partial charge >= 0.3 is 6.18 Å². The van der Waals surface area contributed by atoms with E-state index in [1.54, 1.807) is 0 Å². The molecule has 114 valence electrons. The largest absolute Gasteiger partial charge is 0.508 e. The van der Waals surface area contributed by atoms with E-state index in [2.05, 4.69) is 5.32 Å². The highest BCUT2D eigenvalue weighted by Crippen LogP contribution is 2.39. The molecule has 1 heterocycles. The Bertz CT molecular complexity index is 450.